The van der Waals surface area contributed by atoms with Crippen molar-refractivity contribution in [3.63, 3.8) is 0 Å². The molecule has 1 atom stereocenters. The molecule has 1 heterocycles. The maximum atomic E-state index is 12.4. The summed E-state index contributed by atoms with van der Waals surface area (Å²) in [6.45, 7) is 3.46. The van der Waals surface area contributed by atoms with Crippen LogP contribution < -0.4 is 0 Å². The van der Waals surface area contributed by atoms with E-state index in [1.54, 1.807) is 0 Å². The molecule has 118 valence electrons. The van der Waals surface area contributed by atoms with E-state index in [9.17, 15) is 13.2 Å². The highest BCUT2D eigenvalue weighted by Crippen LogP contribution is 2.18. The molecule has 1 saturated heterocycles. The Morgan fingerprint density at radius 1 is 1.45 bits per heavy atom. The Labute approximate surface area is 121 Å². The van der Waals surface area contributed by atoms with Crippen molar-refractivity contribution in [3.8, 4) is 0 Å². The lowest BCUT2D eigenvalue weighted by atomic mass is 10.1. The normalized spacial score (nSPS) is 21.1. The van der Waals surface area contributed by atoms with E-state index >= 15 is 0 Å². The van der Waals surface area contributed by atoms with Crippen LogP contribution >= 0.6 is 0 Å². The molecule has 0 aromatic rings. The summed E-state index contributed by atoms with van der Waals surface area (Å²) >= 11 is 0. The van der Waals surface area contributed by atoms with Gasteiger partial charge in [-0.25, -0.2) is 0 Å². The molecule has 0 amide bonds. The van der Waals surface area contributed by atoms with Crippen LogP contribution in [0.2, 0.25) is 0 Å². The second-order valence-electron chi connectivity index (χ2n) is 4.73. The molecule has 1 unspecified atom stereocenters. The van der Waals surface area contributed by atoms with Gasteiger partial charge in [0.15, 0.2) is 0 Å². The minimum atomic E-state index is -3.54. The first-order valence-electron chi connectivity index (χ1n) is 6.81. The molecule has 0 spiro atoms. The van der Waals surface area contributed by atoms with Crippen molar-refractivity contribution < 1.29 is 22.7 Å². The average molecular weight is 308 g/mol. The van der Waals surface area contributed by atoms with Crippen molar-refractivity contribution in [2.45, 2.75) is 32.3 Å². The molecule has 1 rings (SSSR count). The van der Waals surface area contributed by atoms with Crippen LogP contribution in [-0.2, 0) is 24.5 Å². The summed E-state index contributed by atoms with van der Waals surface area (Å²) < 4.78 is 37.4. The first-order chi connectivity index (χ1) is 9.41. The van der Waals surface area contributed by atoms with Gasteiger partial charge in [0.2, 0.25) is 0 Å². The van der Waals surface area contributed by atoms with Gasteiger partial charge in [0.25, 0.3) is 10.2 Å². The number of methoxy groups -OCH3 is 1. The second kappa shape index (κ2) is 7.92. The molecular formula is C12H24N2O5S. The lowest BCUT2D eigenvalue weighted by Gasteiger charge is -2.34. The van der Waals surface area contributed by atoms with E-state index in [0.29, 0.717) is 19.7 Å². The summed E-state index contributed by atoms with van der Waals surface area (Å²) in [6, 6.07) is 0. The third kappa shape index (κ3) is 4.69. The molecule has 20 heavy (non-hydrogen) atoms. The third-order valence-corrected chi connectivity index (χ3v) is 5.28. The van der Waals surface area contributed by atoms with E-state index in [0.717, 1.165) is 12.8 Å². The molecule has 0 N–H and O–H groups in total. The molecule has 0 aliphatic carbocycles. The fourth-order valence-electron chi connectivity index (χ4n) is 2.15. The van der Waals surface area contributed by atoms with Gasteiger partial charge in [-0.3, -0.25) is 4.79 Å². The van der Waals surface area contributed by atoms with Crippen LogP contribution in [-0.4, -0.2) is 69.5 Å². The fraction of sp³-hybridized carbons (Fsp3) is 0.917. The Morgan fingerprint density at radius 2 is 2.15 bits per heavy atom. The number of piperidine rings is 1. The van der Waals surface area contributed by atoms with Crippen LogP contribution in [0.15, 0.2) is 0 Å². The maximum absolute atomic E-state index is 12.4. The molecule has 0 aromatic carbocycles. The standard InChI is InChI=1S/C12H24N2O5S/c1-4-19-11-6-5-8-14(10-11)20(16,17)13(2)9-7-12(15)18-3/h11H,4-10H2,1-3H3. The predicted octanol–water partition coefficient (Wildman–Crippen LogP) is 0.227. The van der Waals surface area contributed by atoms with Crippen molar-refractivity contribution in [2.75, 3.05) is 40.4 Å². The van der Waals surface area contributed by atoms with Crippen LogP contribution in [0.3, 0.4) is 0 Å². The minimum absolute atomic E-state index is 0.0440. The molecule has 7 nitrogen and oxygen atoms in total. The number of nitrogens with zero attached hydrogens (tertiary/aromatic N) is 2. The molecule has 8 heteroatoms. The SMILES string of the molecule is CCOC1CCCN(S(=O)(=O)N(C)CCC(=O)OC)C1. The molecule has 0 bridgehead atoms. The zero-order valence-corrected chi connectivity index (χ0v) is 13.2. The average Bonchev–Trinajstić information content (AvgIpc) is 2.44. The van der Waals surface area contributed by atoms with Crippen LogP contribution in [0.25, 0.3) is 0 Å². The number of carbonyl (C=O) groups is 1. The highest BCUT2D eigenvalue weighted by Gasteiger charge is 2.32. The largest absolute Gasteiger partial charge is 0.469 e. The molecule has 1 fully saturated rings. The monoisotopic (exact) mass is 308 g/mol. The van der Waals surface area contributed by atoms with Gasteiger partial charge in [-0.05, 0) is 19.8 Å². The van der Waals surface area contributed by atoms with E-state index < -0.39 is 16.2 Å². The van der Waals surface area contributed by atoms with Gasteiger partial charge in [-0.2, -0.15) is 17.0 Å². The Kier molecular flexibility index (Phi) is 6.87. The molecule has 0 saturated carbocycles. The summed E-state index contributed by atoms with van der Waals surface area (Å²) in [4.78, 5) is 11.1. The van der Waals surface area contributed by atoms with E-state index in [-0.39, 0.29) is 19.1 Å². The quantitative estimate of drug-likeness (QED) is 0.629. The van der Waals surface area contributed by atoms with E-state index in [2.05, 4.69) is 4.74 Å². The summed E-state index contributed by atoms with van der Waals surface area (Å²) in [5.74, 6) is -0.419. The van der Waals surface area contributed by atoms with Crippen LogP contribution in [0, 0.1) is 0 Å². The van der Waals surface area contributed by atoms with Gasteiger partial charge >= 0.3 is 5.97 Å². The maximum Gasteiger partial charge on any atom is 0.306 e. The first-order valence-corrected chi connectivity index (χ1v) is 8.21. The predicted molar refractivity (Wildman–Crippen MR) is 74.4 cm³/mol. The zero-order valence-electron chi connectivity index (χ0n) is 12.4. The number of hydrogen-bond acceptors (Lipinski definition) is 5. The molecule has 1 aliphatic rings. The zero-order chi connectivity index (χ0) is 15.2. The van der Waals surface area contributed by atoms with E-state index in [4.69, 9.17) is 4.74 Å². The van der Waals surface area contributed by atoms with Gasteiger partial charge < -0.3 is 9.47 Å². The fourth-order valence-corrected chi connectivity index (χ4v) is 3.58. The van der Waals surface area contributed by atoms with Gasteiger partial charge in [-0.1, -0.05) is 0 Å². The molecular weight excluding hydrogens is 284 g/mol. The smallest absolute Gasteiger partial charge is 0.306 e. The Hall–Kier alpha value is -0.700. The third-order valence-electron chi connectivity index (χ3n) is 3.32. The highest BCUT2D eigenvalue weighted by atomic mass is 32.2. The summed E-state index contributed by atoms with van der Waals surface area (Å²) in [5, 5.41) is 0. The van der Waals surface area contributed by atoms with Crippen molar-refractivity contribution in [3.05, 3.63) is 0 Å². The molecule has 1 aliphatic heterocycles. The first kappa shape index (κ1) is 17.4. The van der Waals surface area contributed by atoms with E-state index in [1.807, 2.05) is 6.92 Å². The summed E-state index contributed by atoms with van der Waals surface area (Å²) in [7, 11) is -0.778. The lowest BCUT2D eigenvalue weighted by molar-refractivity contribution is -0.140. The van der Waals surface area contributed by atoms with Gasteiger partial charge in [0, 0.05) is 33.3 Å². The van der Waals surface area contributed by atoms with Crippen molar-refractivity contribution in [1.29, 1.82) is 0 Å². The van der Waals surface area contributed by atoms with Crippen molar-refractivity contribution >= 4 is 16.2 Å². The molecule has 0 radical (unpaired) electrons. The lowest BCUT2D eigenvalue weighted by Crippen LogP contribution is -2.49. The number of esters is 1. The Balaban J connectivity index is 2.60. The topological polar surface area (TPSA) is 76.2 Å². The number of rotatable bonds is 7. The van der Waals surface area contributed by atoms with E-state index in [1.165, 1.54) is 22.8 Å². The van der Waals surface area contributed by atoms with Gasteiger partial charge in [0.1, 0.15) is 0 Å². The van der Waals surface area contributed by atoms with Gasteiger partial charge in [0.05, 0.1) is 19.6 Å². The Bertz CT molecular complexity index is 410. The molecule has 0 aromatic heterocycles. The van der Waals surface area contributed by atoms with Crippen molar-refractivity contribution in [1.82, 2.24) is 8.61 Å². The Morgan fingerprint density at radius 3 is 2.75 bits per heavy atom. The van der Waals surface area contributed by atoms with Crippen LogP contribution in [0.5, 0.6) is 0 Å². The number of ether oxygens (including phenoxy) is 2. The van der Waals surface area contributed by atoms with Crippen LogP contribution in [0.1, 0.15) is 26.2 Å². The summed E-state index contributed by atoms with van der Waals surface area (Å²) in [6.07, 6.45) is 1.67. The number of hydrogen-bond donors (Lipinski definition) is 0. The highest BCUT2D eigenvalue weighted by molar-refractivity contribution is 7.86. The second-order valence-corrected chi connectivity index (χ2v) is 6.77. The van der Waals surface area contributed by atoms with Crippen LogP contribution in [0.4, 0.5) is 0 Å². The number of carbonyl (C=O) groups excluding carboxylic acids is 1. The minimum Gasteiger partial charge on any atom is -0.469 e. The van der Waals surface area contributed by atoms with Gasteiger partial charge in [-0.15, -0.1) is 0 Å². The van der Waals surface area contributed by atoms with Crippen molar-refractivity contribution in [2.24, 2.45) is 0 Å². The summed E-state index contributed by atoms with van der Waals surface area (Å²) in [5.41, 5.74) is 0.